The Morgan fingerprint density at radius 1 is 1.32 bits per heavy atom. The molecule has 0 bridgehead atoms. The van der Waals surface area contributed by atoms with E-state index < -0.39 is 0 Å². The van der Waals surface area contributed by atoms with Gasteiger partial charge in [-0.05, 0) is 30.5 Å². The number of hydrogen-bond donors (Lipinski definition) is 2. The molecule has 5 nitrogen and oxygen atoms in total. The minimum atomic E-state index is -0.360. The number of hydrogen-bond acceptors (Lipinski definition) is 3. The number of benzene rings is 1. The van der Waals surface area contributed by atoms with Crippen molar-refractivity contribution in [3.8, 4) is 11.6 Å². The van der Waals surface area contributed by atoms with Crippen LogP contribution in [0.5, 0.6) is 11.6 Å². The van der Waals surface area contributed by atoms with Gasteiger partial charge in [-0.1, -0.05) is 26.0 Å². The molecule has 7 heteroatoms. The summed E-state index contributed by atoms with van der Waals surface area (Å²) in [6, 6.07) is 9.58. The van der Waals surface area contributed by atoms with Gasteiger partial charge in [0.25, 0.3) is 0 Å². The molecule has 0 aliphatic carbocycles. The van der Waals surface area contributed by atoms with Crippen LogP contribution in [0.4, 0.5) is 4.39 Å². The number of aliphatic imine (C=N–C) groups is 1. The molecule has 1 aromatic heterocycles. The highest BCUT2D eigenvalue weighted by Gasteiger charge is 2.07. The van der Waals surface area contributed by atoms with Crippen molar-refractivity contribution in [1.82, 2.24) is 10.3 Å². The van der Waals surface area contributed by atoms with Crippen LogP contribution < -0.4 is 15.8 Å². The molecule has 136 valence electrons. The van der Waals surface area contributed by atoms with Crippen molar-refractivity contribution in [2.75, 3.05) is 6.54 Å². The van der Waals surface area contributed by atoms with Crippen LogP contribution in [-0.4, -0.2) is 17.5 Å². The molecule has 0 unspecified atom stereocenters. The maximum absolute atomic E-state index is 13.3. The van der Waals surface area contributed by atoms with Crippen LogP contribution in [0, 0.1) is 11.7 Å². The van der Waals surface area contributed by atoms with E-state index in [0.29, 0.717) is 30.1 Å². The van der Waals surface area contributed by atoms with Crippen LogP contribution >= 0.6 is 24.0 Å². The molecule has 25 heavy (non-hydrogen) atoms. The lowest BCUT2D eigenvalue weighted by Crippen LogP contribution is -2.32. The Hall–Kier alpha value is -1.90. The number of halogens is 2. The number of nitrogens with zero attached hydrogens (tertiary/aromatic N) is 2. The van der Waals surface area contributed by atoms with E-state index in [1.165, 1.54) is 12.1 Å². The maximum atomic E-state index is 13.3. The molecule has 2 rings (SSSR count). The lowest BCUT2D eigenvalue weighted by Gasteiger charge is -2.10. The summed E-state index contributed by atoms with van der Waals surface area (Å²) < 4.78 is 18.9. The summed E-state index contributed by atoms with van der Waals surface area (Å²) in [6.45, 7) is 5.42. The second-order valence-corrected chi connectivity index (χ2v) is 5.84. The molecule has 0 saturated heterocycles. The van der Waals surface area contributed by atoms with E-state index in [1.807, 2.05) is 6.07 Å². The predicted molar refractivity (Wildman–Crippen MR) is 109 cm³/mol. The third-order valence-electron chi connectivity index (χ3n) is 3.31. The highest BCUT2D eigenvalue weighted by molar-refractivity contribution is 14.0. The molecule has 1 heterocycles. The Morgan fingerprint density at radius 3 is 2.84 bits per heavy atom. The first kappa shape index (κ1) is 21.1. The summed E-state index contributed by atoms with van der Waals surface area (Å²) in [7, 11) is 0. The summed E-state index contributed by atoms with van der Waals surface area (Å²) >= 11 is 0. The first-order valence-corrected chi connectivity index (χ1v) is 7.95. The molecule has 1 aromatic carbocycles. The topological polar surface area (TPSA) is 72.5 Å². The number of pyridine rings is 1. The number of rotatable bonds is 7. The second-order valence-electron chi connectivity index (χ2n) is 5.84. The first-order valence-electron chi connectivity index (χ1n) is 7.95. The molecule has 0 aliphatic heterocycles. The van der Waals surface area contributed by atoms with E-state index in [-0.39, 0.29) is 29.8 Å². The Kier molecular flexibility index (Phi) is 9.18. The molecule has 0 amide bonds. The minimum absolute atomic E-state index is 0. The molecule has 0 fully saturated rings. The molecule has 0 saturated carbocycles. The average molecular weight is 458 g/mol. The standard InChI is InChI=1S/C18H23FN4O.HI/c1-13(2)8-10-22-18(20)23-12-14-5-4-9-21-17(14)24-16-7-3-6-15(19)11-16;/h3-7,9,11,13H,8,10,12H2,1-2H3,(H3,20,22,23);1H. The highest BCUT2D eigenvalue weighted by atomic mass is 127. The molecule has 0 aliphatic rings. The molecular formula is C18H24FIN4O. The average Bonchev–Trinajstić information content (AvgIpc) is 2.54. The van der Waals surface area contributed by atoms with Crippen LogP contribution in [0.3, 0.4) is 0 Å². The molecule has 0 radical (unpaired) electrons. The van der Waals surface area contributed by atoms with Crippen molar-refractivity contribution < 1.29 is 9.13 Å². The number of nitrogens with two attached hydrogens (primary N) is 1. The fourth-order valence-electron chi connectivity index (χ4n) is 1.99. The number of ether oxygens (including phenoxy) is 1. The van der Waals surface area contributed by atoms with Gasteiger partial charge in [0.05, 0.1) is 6.54 Å². The SMILES string of the molecule is CC(C)CCNC(N)=NCc1cccnc1Oc1cccc(F)c1.I. The Labute approximate surface area is 164 Å². The quantitative estimate of drug-likeness (QED) is 0.373. The second kappa shape index (κ2) is 10.9. The Bertz CT molecular complexity index is 694. The highest BCUT2D eigenvalue weighted by Crippen LogP contribution is 2.23. The van der Waals surface area contributed by atoms with Crippen molar-refractivity contribution in [2.24, 2.45) is 16.6 Å². The summed E-state index contributed by atoms with van der Waals surface area (Å²) in [4.78, 5) is 8.49. The van der Waals surface area contributed by atoms with E-state index in [9.17, 15) is 4.39 Å². The van der Waals surface area contributed by atoms with Crippen LogP contribution in [0.15, 0.2) is 47.6 Å². The maximum Gasteiger partial charge on any atom is 0.224 e. The van der Waals surface area contributed by atoms with E-state index in [1.54, 1.807) is 24.4 Å². The monoisotopic (exact) mass is 458 g/mol. The lowest BCUT2D eigenvalue weighted by atomic mass is 10.1. The summed E-state index contributed by atoms with van der Waals surface area (Å²) in [6.07, 6.45) is 2.64. The smallest absolute Gasteiger partial charge is 0.224 e. The van der Waals surface area contributed by atoms with E-state index in [4.69, 9.17) is 10.5 Å². The molecule has 2 aromatic rings. The number of nitrogens with one attached hydrogen (secondary N) is 1. The van der Waals surface area contributed by atoms with Gasteiger partial charge in [0, 0.05) is 24.4 Å². The van der Waals surface area contributed by atoms with Crippen LogP contribution in [-0.2, 0) is 6.54 Å². The van der Waals surface area contributed by atoms with Gasteiger partial charge in [0.2, 0.25) is 5.88 Å². The fraction of sp³-hybridized carbons (Fsp3) is 0.333. The van der Waals surface area contributed by atoms with E-state index in [0.717, 1.165) is 18.5 Å². The van der Waals surface area contributed by atoms with Crippen LogP contribution in [0.25, 0.3) is 0 Å². The van der Waals surface area contributed by atoms with Gasteiger partial charge in [0.1, 0.15) is 11.6 Å². The molecule has 0 atom stereocenters. The van der Waals surface area contributed by atoms with Crippen LogP contribution in [0.1, 0.15) is 25.8 Å². The number of aromatic nitrogens is 1. The summed E-state index contributed by atoms with van der Waals surface area (Å²) in [5.41, 5.74) is 6.63. The molecule has 0 spiro atoms. The van der Waals surface area contributed by atoms with Crippen molar-refractivity contribution in [1.29, 1.82) is 0 Å². The van der Waals surface area contributed by atoms with Gasteiger partial charge in [-0.3, -0.25) is 0 Å². The van der Waals surface area contributed by atoms with Crippen molar-refractivity contribution >= 4 is 29.9 Å². The predicted octanol–water partition coefficient (Wildman–Crippen LogP) is 4.08. The van der Waals surface area contributed by atoms with Crippen LogP contribution in [0.2, 0.25) is 0 Å². The summed E-state index contributed by atoms with van der Waals surface area (Å²) in [5.74, 6) is 1.41. The van der Waals surface area contributed by atoms with Gasteiger partial charge in [-0.2, -0.15) is 0 Å². The van der Waals surface area contributed by atoms with Gasteiger partial charge >= 0.3 is 0 Å². The zero-order valence-electron chi connectivity index (χ0n) is 14.4. The van der Waals surface area contributed by atoms with Crippen molar-refractivity contribution in [2.45, 2.75) is 26.8 Å². The molecule has 3 N–H and O–H groups in total. The first-order chi connectivity index (χ1) is 11.5. The Balaban J connectivity index is 0.00000312. The fourth-order valence-corrected chi connectivity index (χ4v) is 1.99. The van der Waals surface area contributed by atoms with Gasteiger partial charge in [-0.25, -0.2) is 14.4 Å². The zero-order valence-corrected chi connectivity index (χ0v) is 16.7. The third kappa shape index (κ3) is 7.68. The normalized spacial score (nSPS) is 11.1. The Morgan fingerprint density at radius 2 is 2.12 bits per heavy atom. The third-order valence-corrected chi connectivity index (χ3v) is 3.31. The van der Waals surface area contributed by atoms with Crippen molar-refractivity contribution in [3.05, 3.63) is 54.0 Å². The minimum Gasteiger partial charge on any atom is -0.439 e. The summed E-state index contributed by atoms with van der Waals surface area (Å²) in [5, 5.41) is 3.08. The van der Waals surface area contributed by atoms with E-state index in [2.05, 4.69) is 29.1 Å². The lowest BCUT2D eigenvalue weighted by molar-refractivity contribution is 0.452. The van der Waals surface area contributed by atoms with Gasteiger partial charge in [0.15, 0.2) is 5.96 Å². The largest absolute Gasteiger partial charge is 0.439 e. The van der Waals surface area contributed by atoms with Gasteiger partial charge < -0.3 is 15.8 Å². The number of guanidine groups is 1. The van der Waals surface area contributed by atoms with Gasteiger partial charge in [-0.15, -0.1) is 24.0 Å². The van der Waals surface area contributed by atoms with Crippen molar-refractivity contribution in [3.63, 3.8) is 0 Å². The van der Waals surface area contributed by atoms with E-state index >= 15 is 0 Å². The molecular weight excluding hydrogens is 434 g/mol. The zero-order chi connectivity index (χ0) is 17.4.